The third-order valence-corrected chi connectivity index (χ3v) is 3.47. The van der Waals surface area contributed by atoms with E-state index < -0.39 is 6.04 Å². The van der Waals surface area contributed by atoms with Crippen LogP contribution < -0.4 is 10.1 Å². The van der Waals surface area contributed by atoms with Crippen LogP contribution in [0.25, 0.3) is 0 Å². The number of amides is 1. The summed E-state index contributed by atoms with van der Waals surface area (Å²) in [4.78, 5) is 12.1. The number of hydrogen-bond donors (Lipinski definition) is 1. The van der Waals surface area contributed by atoms with Crippen LogP contribution in [0, 0.1) is 0 Å². The van der Waals surface area contributed by atoms with Crippen molar-refractivity contribution in [3.8, 4) is 5.75 Å². The lowest BCUT2D eigenvalue weighted by atomic mass is 10.2. The van der Waals surface area contributed by atoms with Gasteiger partial charge in [0.1, 0.15) is 11.8 Å². The maximum absolute atomic E-state index is 12.1. The van der Waals surface area contributed by atoms with E-state index in [0.29, 0.717) is 16.5 Å². The highest BCUT2D eigenvalue weighted by Crippen LogP contribution is 2.27. The van der Waals surface area contributed by atoms with E-state index in [1.54, 1.807) is 42.2 Å². The van der Waals surface area contributed by atoms with Crippen LogP contribution in [0.3, 0.4) is 0 Å². The summed E-state index contributed by atoms with van der Waals surface area (Å²) in [6.45, 7) is 1.76. The number of halogens is 2. The van der Waals surface area contributed by atoms with E-state index in [4.69, 9.17) is 16.3 Å². The van der Waals surface area contributed by atoms with Crippen LogP contribution in [0.1, 0.15) is 13.0 Å². The lowest BCUT2D eigenvalue weighted by Gasteiger charge is -2.13. The lowest BCUT2D eigenvalue weighted by Crippen LogP contribution is -2.23. The molecule has 1 heterocycles. The third kappa shape index (κ3) is 3.32. The van der Waals surface area contributed by atoms with Crippen molar-refractivity contribution in [1.82, 2.24) is 9.78 Å². The van der Waals surface area contributed by atoms with Crippen molar-refractivity contribution >= 4 is 39.1 Å². The van der Waals surface area contributed by atoms with Gasteiger partial charge in [0, 0.05) is 11.9 Å². The van der Waals surface area contributed by atoms with Gasteiger partial charge in [0.25, 0.3) is 0 Å². The first-order valence-corrected chi connectivity index (χ1v) is 7.02. The molecule has 7 heteroatoms. The molecular formula is C13H13BrClN3O2. The quantitative estimate of drug-likeness (QED) is 0.910. The molecule has 0 aliphatic carbocycles. The van der Waals surface area contributed by atoms with Crippen LogP contribution >= 0.6 is 27.5 Å². The number of carbonyl (C=O) groups is 1. The monoisotopic (exact) mass is 357 g/mol. The van der Waals surface area contributed by atoms with E-state index in [1.165, 1.54) is 7.11 Å². The Labute approximate surface area is 130 Å². The van der Waals surface area contributed by atoms with Crippen molar-refractivity contribution < 1.29 is 9.53 Å². The number of nitrogens with zero attached hydrogens (tertiary/aromatic N) is 2. The minimum Gasteiger partial charge on any atom is -0.495 e. The number of nitrogens with one attached hydrogen (secondary N) is 1. The van der Waals surface area contributed by atoms with E-state index in [1.807, 2.05) is 0 Å². The average Bonchev–Trinajstić information content (AvgIpc) is 2.84. The number of aromatic nitrogens is 2. The first-order chi connectivity index (χ1) is 9.51. The molecule has 1 N–H and O–H groups in total. The van der Waals surface area contributed by atoms with Gasteiger partial charge in [-0.05, 0) is 41.1 Å². The minimum absolute atomic E-state index is 0.179. The first-order valence-electron chi connectivity index (χ1n) is 5.85. The molecule has 1 aromatic carbocycles. The third-order valence-electron chi connectivity index (χ3n) is 2.77. The molecule has 0 aliphatic heterocycles. The summed E-state index contributed by atoms with van der Waals surface area (Å²) in [7, 11) is 1.54. The van der Waals surface area contributed by atoms with Gasteiger partial charge in [0.2, 0.25) is 5.91 Å². The predicted molar refractivity (Wildman–Crippen MR) is 81.3 cm³/mol. The number of benzene rings is 1. The van der Waals surface area contributed by atoms with Crippen LogP contribution in [0.2, 0.25) is 5.02 Å². The smallest absolute Gasteiger partial charge is 0.248 e. The molecule has 0 radical (unpaired) electrons. The molecule has 106 valence electrons. The summed E-state index contributed by atoms with van der Waals surface area (Å²) in [6.07, 6.45) is 3.37. The molecule has 1 aromatic heterocycles. The molecule has 0 aliphatic rings. The molecule has 0 saturated heterocycles. The Hall–Kier alpha value is -1.53. The second-order valence-electron chi connectivity index (χ2n) is 4.15. The Kier molecular flexibility index (Phi) is 4.67. The summed E-state index contributed by atoms with van der Waals surface area (Å²) < 4.78 is 7.46. The van der Waals surface area contributed by atoms with E-state index in [0.717, 1.165) is 4.47 Å². The summed E-state index contributed by atoms with van der Waals surface area (Å²) in [5.74, 6) is 0.385. The van der Waals surface area contributed by atoms with Gasteiger partial charge in [-0.2, -0.15) is 5.10 Å². The van der Waals surface area contributed by atoms with Crippen LogP contribution in [0.4, 0.5) is 5.69 Å². The normalized spacial score (nSPS) is 12.0. The summed E-state index contributed by atoms with van der Waals surface area (Å²) in [6, 6.07) is 4.65. The number of carbonyl (C=O) groups excluding carboxylic acids is 1. The summed E-state index contributed by atoms with van der Waals surface area (Å²) in [5, 5.41) is 7.32. The number of ether oxygens (including phenoxy) is 1. The number of hydrogen-bond acceptors (Lipinski definition) is 3. The Balaban J connectivity index is 2.09. The molecule has 1 atom stereocenters. The zero-order valence-corrected chi connectivity index (χ0v) is 13.3. The standard InChI is InChI=1S/C13H13BrClN3O2/c1-8(18-7-9(14)6-16-18)13(19)17-10-3-4-12(20-2)11(15)5-10/h3-8H,1-2H3,(H,17,19)/t8-/m1/s1. The van der Waals surface area contributed by atoms with Gasteiger partial charge in [0.15, 0.2) is 0 Å². The average molecular weight is 359 g/mol. The molecule has 2 rings (SSSR count). The van der Waals surface area contributed by atoms with Crippen LogP contribution in [-0.2, 0) is 4.79 Å². The largest absolute Gasteiger partial charge is 0.495 e. The fourth-order valence-electron chi connectivity index (χ4n) is 1.64. The molecule has 5 nitrogen and oxygen atoms in total. The Morgan fingerprint density at radius 3 is 2.85 bits per heavy atom. The van der Waals surface area contributed by atoms with E-state index >= 15 is 0 Å². The number of anilines is 1. The van der Waals surface area contributed by atoms with E-state index in [-0.39, 0.29) is 5.91 Å². The van der Waals surface area contributed by atoms with Crippen LogP contribution in [0.15, 0.2) is 35.1 Å². The van der Waals surface area contributed by atoms with Gasteiger partial charge >= 0.3 is 0 Å². The molecule has 2 aromatic rings. The van der Waals surface area contributed by atoms with Crippen LogP contribution in [0.5, 0.6) is 5.75 Å². The van der Waals surface area contributed by atoms with Crippen LogP contribution in [-0.4, -0.2) is 22.8 Å². The summed E-state index contributed by atoms with van der Waals surface area (Å²) >= 11 is 9.31. The van der Waals surface area contributed by atoms with E-state index in [9.17, 15) is 4.79 Å². The molecule has 0 bridgehead atoms. The van der Waals surface area contributed by atoms with Crippen molar-refractivity contribution in [2.24, 2.45) is 0 Å². The van der Waals surface area contributed by atoms with Gasteiger partial charge in [-0.1, -0.05) is 11.6 Å². The Morgan fingerprint density at radius 2 is 2.30 bits per heavy atom. The molecule has 20 heavy (non-hydrogen) atoms. The molecule has 1 amide bonds. The zero-order valence-electron chi connectivity index (χ0n) is 10.9. The Morgan fingerprint density at radius 1 is 1.55 bits per heavy atom. The van der Waals surface area contributed by atoms with Crippen molar-refractivity contribution in [2.75, 3.05) is 12.4 Å². The highest BCUT2D eigenvalue weighted by Gasteiger charge is 2.16. The molecule has 0 fully saturated rings. The zero-order chi connectivity index (χ0) is 14.7. The summed E-state index contributed by atoms with van der Waals surface area (Å²) in [5.41, 5.74) is 0.610. The predicted octanol–water partition coefficient (Wildman–Crippen LogP) is 3.51. The molecule has 0 spiro atoms. The molecular weight excluding hydrogens is 346 g/mol. The van der Waals surface area contributed by atoms with Crippen molar-refractivity contribution in [2.45, 2.75) is 13.0 Å². The van der Waals surface area contributed by atoms with Crippen molar-refractivity contribution in [3.05, 3.63) is 40.1 Å². The Bertz CT molecular complexity index is 630. The number of methoxy groups -OCH3 is 1. The number of rotatable bonds is 4. The van der Waals surface area contributed by atoms with Gasteiger partial charge in [-0.15, -0.1) is 0 Å². The van der Waals surface area contributed by atoms with Crippen molar-refractivity contribution in [1.29, 1.82) is 0 Å². The first kappa shape index (κ1) is 14.9. The maximum Gasteiger partial charge on any atom is 0.248 e. The highest BCUT2D eigenvalue weighted by atomic mass is 79.9. The second kappa shape index (κ2) is 6.28. The fraction of sp³-hybridized carbons (Fsp3) is 0.231. The van der Waals surface area contributed by atoms with Gasteiger partial charge in [-0.3, -0.25) is 9.48 Å². The van der Waals surface area contributed by atoms with Gasteiger partial charge < -0.3 is 10.1 Å². The van der Waals surface area contributed by atoms with Crippen molar-refractivity contribution in [3.63, 3.8) is 0 Å². The molecule has 0 unspecified atom stereocenters. The maximum atomic E-state index is 12.1. The second-order valence-corrected chi connectivity index (χ2v) is 5.48. The lowest BCUT2D eigenvalue weighted by molar-refractivity contribution is -0.119. The van der Waals surface area contributed by atoms with Gasteiger partial charge in [0.05, 0.1) is 22.8 Å². The van der Waals surface area contributed by atoms with E-state index in [2.05, 4.69) is 26.3 Å². The highest BCUT2D eigenvalue weighted by molar-refractivity contribution is 9.10. The fourth-order valence-corrected chi connectivity index (χ4v) is 2.20. The SMILES string of the molecule is COc1ccc(NC(=O)[C@@H](C)n2cc(Br)cn2)cc1Cl. The minimum atomic E-state index is -0.429. The molecule has 0 saturated carbocycles. The topological polar surface area (TPSA) is 56.1 Å². The van der Waals surface area contributed by atoms with Gasteiger partial charge in [-0.25, -0.2) is 0 Å².